The molecule has 27 heavy (non-hydrogen) atoms. The smallest absolute Gasteiger partial charge is 0.511 e. The van der Waals surface area contributed by atoms with Gasteiger partial charge in [0.1, 0.15) is 5.75 Å². The van der Waals surface area contributed by atoms with Crippen LogP contribution in [0.4, 0.5) is 0 Å². The summed E-state index contributed by atoms with van der Waals surface area (Å²) in [7, 11) is 0.868. The molecule has 4 aromatic rings. The van der Waals surface area contributed by atoms with Crippen molar-refractivity contribution in [1.82, 2.24) is 0 Å². The van der Waals surface area contributed by atoms with Crippen LogP contribution in [0.25, 0.3) is 32.3 Å². The minimum atomic E-state index is -1.83. The van der Waals surface area contributed by atoms with E-state index in [9.17, 15) is 0 Å². The van der Waals surface area contributed by atoms with E-state index >= 15 is 0 Å². The molecule has 0 fully saturated rings. The van der Waals surface area contributed by atoms with E-state index in [-0.39, 0.29) is 0 Å². The van der Waals surface area contributed by atoms with Crippen LogP contribution < -0.4 is 4.65 Å². The van der Waals surface area contributed by atoms with Gasteiger partial charge in [0.25, 0.3) is 0 Å². The van der Waals surface area contributed by atoms with Crippen molar-refractivity contribution < 1.29 is 14.7 Å². The quantitative estimate of drug-likeness (QED) is 0.223. The molecule has 0 amide bonds. The van der Waals surface area contributed by atoms with Crippen molar-refractivity contribution in [2.75, 3.05) is 6.16 Å². The normalized spacial score (nSPS) is 10.7. The number of fused-ring (bicyclic) bond motifs is 4. The SMILES string of the molecule is CCCCP.OB(O)Oc1cccc2ccc3cc4ccccc4cc3c12. The maximum Gasteiger partial charge on any atom is 0.707 e. The summed E-state index contributed by atoms with van der Waals surface area (Å²) in [4.78, 5) is 0. The van der Waals surface area contributed by atoms with Crippen LogP contribution in [0.1, 0.15) is 19.8 Å². The molecule has 1 unspecified atom stereocenters. The average Bonchev–Trinajstić information content (AvgIpc) is 2.67. The van der Waals surface area contributed by atoms with Gasteiger partial charge in [-0.05, 0) is 51.3 Å². The summed E-state index contributed by atoms with van der Waals surface area (Å²) in [6.07, 6.45) is 3.94. The van der Waals surface area contributed by atoms with Crippen LogP contribution in [0.5, 0.6) is 5.75 Å². The van der Waals surface area contributed by atoms with Gasteiger partial charge in [0.15, 0.2) is 0 Å². The van der Waals surface area contributed by atoms with Crippen LogP contribution in [0.15, 0.2) is 66.7 Å². The Bertz CT molecular complexity index is 1050. The molecule has 138 valence electrons. The first-order valence-electron chi connectivity index (χ1n) is 9.21. The van der Waals surface area contributed by atoms with Crippen molar-refractivity contribution in [2.24, 2.45) is 0 Å². The molecule has 0 spiro atoms. The van der Waals surface area contributed by atoms with Gasteiger partial charge in [-0.2, -0.15) is 0 Å². The predicted octanol–water partition coefficient (Wildman–Crippen LogP) is 5.16. The largest absolute Gasteiger partial charge is 0.707 e. The summed E-state index contributed by atoms with van der Waals surface area (Å²) in [5.41, 5.74) is 0. The van der Waals surface area contributed by atoms with Gasteiger partial charge in [0.2, 0.25) is 0 Å². The van der Waals surface area contributed by atoms with Crippen LogP contribution >= 0.6 is 9.24 Å². The lowest BCUT2D eigenvalue weighted by Crippen LogP contribution is -2.20. The molecule has 0 heterocycles. The van der Waals surface area contributed by atoms with Gasteiger partial charge < -0.3 is 14.7 Å². The first-order valence-corrected chi connectivity index (χ1v) is 10.0. The Labute approximate surface area is 162 Å². The zero-order valence-electron chi connectivity index (χ0n) is 15.4. The van der Waals surface area contributed by atoms with Crippen LogP contribution in [-0.2, 0) is 0 Å². The lowest BCUT2D eigenvalue weighted by molar-refractivity contribution is 0.289. The highest BCUT2D eigenvalue weighted by atomic mass is 31.0. The van der Waals surface area contributed by atoms with Gasteiger partial charge in [-0.25, -0.2) is 0 Å². The molecular weight excluding hydrogens is 354 g/mol. The van der Waals surface area contributed by atoms with Crippen molar-refractivity contribution in [3.05, 3.63) is 66.7 Å². The highest BCUT2D eigenvalue weighted by Gasteiger charge is 2.15. The van der Waals surface area contributed by atoms with Crippen molar-refractivity contribution in [1.29, 1.82) is 0 Å². The van der Waals surface area contributed by atoms with E-state index in [1.54, 1.807) is 6.07 Å². The summed E-state index contributed by atoms with van der Waals surface area (Å²) in [6.45, 7) is 2.20. The molecule has 0 aliphatic heterocycles. The molecule has 0 aliphatic rings. The molecule has 5 heteroatoms. The third-order valence-corrected chi connectivity index (χ3v) is 4.89. The number of hydrogen-bond acceptors (Lipinski definition) is 3. The second-order valence-corrected chi connectivity index (χ2v) is 7.00. The number of hydrogen-bond donors (Lipinski definition) is 2. The Morgan fingerprint density at radius 2 is 1.52 bits per heavy atom. The van der Waals surface area contributed by atoms with Crippen LogP contribution in [0.2, 0.25) is 0 Å². The third kappa shape index (κ3) is 4.59. The van der Waals surface area contributed by atoms with Crippen molar-refractivity contribution in [3.63, 3.8) is 0 Å². The van der Waals surface area contributed by atoms with E-state index in [1.807, 2.05) is 30.3 Å². The first-order chi connectivity index (χ1) is 13.1. The Balaban J connectivity index is 0.000000376. The molecule has 0 radical (unpaired) electrons. The fourth-order valence-electron chi connectivity index (χ4n) is 3.18. The lowest BCUT2D eigenvalue weighted by Gasteiger charge is -2.12. The van der Waals surface area contributed by atoms with E-state index in [2.05, 4.69) is 46.5 Å². The number of rotatable bonds is 4. The van der Waals surface area contributed by atoms with E-state index in [0.717, 1.165) is 26.9 Å². The Hall–Kier alpha value is -2.13. The van der Waals surface area contributed by atoms with Gasteiger partial charge in [0, 0.05) is 5.39 Å². The van der Waals surface area contributed by atoms with Gasteiger partial charge in [-0.15, -0.1) is 9.24 Å². The molecule has 0 aliphatic carbocycles. The second-order valence-electron chi connectivity index (χ2n) is 6.43. The van der Waals surface area contributed by atoms with Gasteiger partial charge in [0.05, 0.1) is 0 Å². The molecule has 4 rings (SSSR count). The maximum atomic E-state index is 9.14. The number of unbranched alkanes of at least 4 members (excludes halogenated alkanes) is 1. The zero-order valence-corrected chi connectivity index (χ0v) is 16.6. The average molecular weight is 378 g/mol. The highest BCUT2D eigenvalue weighted by Crippen LogP contribution is 2.35. The van der Waals surface area contributed by atoms with Crippen molar-refractivity contribution >= 4 is 48.9 Å². The standard InChI is InChI=1S/C18H13BO3.C4H11P/c20-19(21)22-17-7-3-6-12-8-9-15-10-13-4-1-2-5-14(13)11-16(15)18(12)17;1-2-3-4-5/h1-11,20-21H;2-5H2,1H3. The summed E-state index contributed by atoms with van der Waals surface area (Å²) in [5, 5.41) is 24.6. The third-order valence-electron chi connectivity index (χ3n) is 4.48. The van der Waals surface area contributed by atoms with Gasteiger partial charge in [-0.1, -0.05) is 68.3 Å². The Morgan fingerprint density at radius 1 is 0.852 bits per heavy atom. The van der Waals surface area contributed by atoms with E-state index < -0.39 is 7.32 Å². The molecule has 2 N–H and O–H groups in total. The Morgan fingerprint density at radius 3 is 2.15 bits per heavy atom. The fraction of sp³-hybridized carbons (Fsp3) is 0.182. The summed E-state index contributed by atoms with van der Waals surface area (Å²) < 4.78 is 5.16. The summed E-state index contributed by atoms with van der Waals surface area (Å²) >= 11 is 0. The van der Waals surface area contributed by atoms with E-state index in [0.29, 0.717) is 5.75 Å². The first kappa shape index (κ1) is 19.6. The van der Waals surface area contributed by atoms with Crippen LogP contribution in [-0.4, -0.2) is 23.5 Å². The monoisotopic (exact) mass is 378 g/mol. The maximum absolute atomic E-state index is 9.14. The lowest BCUT2D eigenvalue weighted by atomic mass is 9.97. The molecule has 0 saturated heterocycles. The summed E-state index contributed by atoms with van der Waals surface area (Å²) in [5.74, 6) is 0.466. The molecular formula is C22H24BO3P. The Kier molecular flexibility index (Phi) is 6.68. The summed E-state index contributed by atoms with van der Waals surface area (Å²) in [6, 6.07) is 22.1. The van der Waals surface area contributed by atoms with Gasteiger partial charge >= 0.3 is 7.32 Å². The zero-order chi connectivity index (χ0) is 19.2. The molecule has 3 nitrogen and oxygen atoms in total. The highest BCUT2D eigenvalue weighted by molar-refractivity contribution is 7.16. The molecule has 0 aromatic heterocycles. The molecule has 1 atom stereocenters. The van der Waals surface area contributed by atoms with Crippen molar-refractivity contribution in [2.45, 2.75) is 19.8 Å². The van der Waals surface area contributed by atoms with Crippen molar-refractivity contribution in [3.8, 4) is 5.75 Å². The minimum absolute atomic E-state index is 0.466. The molecule has 4 aromatic carbocycles. The number of benzene rings is 4. The van der Waals surface area contributed by atoms with E-state index in [1.165, 1.54) is 24.4 Å². The molecule has 0 bridgehead atoms. The predicted molar refractivity (Wildman–Crippen MR) is 119 cm³/mol. The minimum Gasteiger partial charge on any atom is -0.511 e. The van der Waals surface area contributed by atoms with Crippen LogP contribution in [0.3, 0.4) is 0 Å². The molecule has 0 saturated carbocycles. The topological polar surface area (TPSA) is 49.7 Å². The van der Waals surface area contributed by atoms with Crippen LogP contribution in [0, 0.1) is 0 Å². The van der Waals surface area contributed by atoms with Gasteiger partial charge in [-0.3, -0.25) is 0 Å². The second kappa shape index (κ2) is 9.19. The van der Waals surface area contributed by atoms with E-state index in [4.69, 9.17) is 14.7 Å². The fourth-order valence-corrected chi connectivity index (χ4v) is 3.59.